The van der Waals surface area contributed by atoms with E-state index in [2.05, 4.69) is 15.1 Å². The summed E-state index contributed by atoms with van der Waals surface area (Å²) < 4.78 is 42.9. The Hall–Kier alpha value is -3.76. The lowest BCUT2D eigenvalue weighted by Gasteiger charge is -2.45. The number of aromatic nitrogens is 6. The molecule has 0 aliphatic carbocycles. The molecule has 0 radical (unpaired) electrons. The zero-order valence-corrected chi connectivity index (χ0v) is 20.0. The first-order valence-electron chi connectivity index (χ1n) is 11.9. The highest BCUT2D eigenvalue weighted by molar-refractivity contribution is 6.04. The van der Waals surface area contributed by atoms with E-state index in [1.54, 1.807) is 24.0 Å². The van der Waals surface area contributed by atoms with Crippen LogP contribution in [0.25, 0.3) is 22.3 Å². The van der Waals surface area contributed by atoms with Gasteiger partial charge in [-0.2, -0.15) is 23.4 Å². The second-order valence-corrected chi connectivity index (χ2v) is 9.57. The predicted molar refractivity (Wildman–Crippen MR) is 125 cm³/mol. The van der Waals surface area contributed by atoms with E-state index in [4.69, 9.17) is 5.10 Å². The Morgan fingerprint density at radius 1 is 1.08 bits per heavy atom. The minimum absolute atomic E-state index is 0.0996. The number of piperidine rings is 1. The van der Waals surface area contributed by atoms with Crippen molar-refractivity contribution in [2.24, 2.45) is 14.1 Å². The van der Waals surface area contributed by atoms with Crippen molar-refractivity contribution in [3.05, 3.63) is 58.8 Å². The molecule has 2 bridgehead atoms. The first-order valence-corrected chi connectivity index (χ1v) is 11.9. The van der Waals surface area contributed by atoms with Crippen LogP contribution in [0.5, 0.6) is 0 Å². The molecule has 11 heteroatoms. The van der Waals surface area contributed by atoms with E-state index in [0.717, 1.165) is 42.3 Å². The molecule has 2 aliphatic rings. The van der Waals surface area contributed by atoms with Gasteiger partial charge in [0.25, 0.3) is 5.91 Å². The van der Waals surface area contributed by atoms with Gasteiger partial charge < -0.3 is 4.90 Å². The summed E-state index contributed by atoms with van der Waals surface area (Å²) in [7, 11) is 3.23. The van der Waals surface area contributed by atoms with Crippen molar-refractivity contribution in [3.8, 4) is 11.4 Å². The van der Waals surface area contributed by atoms with Gasteiger partial charge in [-0.15, -0.1) is 0 Å². The molecule has 6 rings (SSSR count). The van der Waals surface area contributed by atoms with E-state index < -0.39 is 11.9 Å². The molecule has 1 saturated heterocycles. The van der Waals surface area contributed by atoms with Crippen LogP contribution in [0.2, 0.25) is 0 Å². The largest absolute Gasteiger partial charge is 0.435 e. The number of rotatable bonds is 2. The Balaban J connectivity index is 1.44. The fraction of sp³-hybridized carbons (Fsp3) is 0.400. The highest BCUT2D eigenvalue weighted by Gasteiger charge is 2.45. The summed E-state index contributed by atoms with van der Waals surface area (Å²) in [6.07, 6.45) is 0.0533. The number of pyridine rings is 2. The van der Waals surface area contributed by atoms with Gasteiger partial charge in [0.05, 0.1) is 28.6 Å². The number of aryl methyl sites for hydroxylation is 3. The number of carbonyl (C=O) groups is 1. The molecule has 1 amide bonds. The number of amides is 1. The van der Waals surface area contributed by atoms with Gasteiger partial charge in [0.2, 0.25) is 0 Å². The maximum absolute atomic E-state index is 13.9. The van der Waals surface area contributed by atoms with Gasteiger partial charge in [0.1, 0.15) is 5.69 Å². The predicted octanol–water partition coefficient (Wildman–Crippen LogP) is 4.38. The maximum Gasteiger partial charge on any atom is 0.435 e. The zero-order chi connectivity index (χ0) is 25.4. The Morgan fingerprint density at radius 2 is 1.89 bits per heavy atom. The molecular weight excluding hydrogens is 471 g/mol. The maximum atomic E-state index is 13.9. The molecule has 4 aromatic rings. The van der Waals surface area contributed by atoms with E-state index >= 15 is 0 Å². The smallest absolute Gasteiger partial charge is 0.325 e. The van der Waals surface area contributed by atoms with E-state index in [9.17, 15) is 18.0 Å². The van der Waals surface area contributed by atoms with Crippen molar-refractivity contribution in [1.82, 2.24) is 34.4 Å². The Labute approximate surface area is 204 Å². The first kappa shape index (κ1) is 22.7. The van der Waals surface area contributed by atoms with Gasteiger partial charge in [-0.1, -0.05) is 0 Å². The summed E-state index contributed by atoms with van der Waals surface area (Å²) in [5.74, 6) is -0.168. The van der Waals surface area contributed by atoms with E-state index in [-0.39, 0.29) is 18.0 Å². The minimum atomic E-state index is -4.53. The summed E-state index contributed by atoms with van der Waals surface area (Å²) in [6.45, 7) is 1.90. The van der Waals surface area contributed by atoms with Crippen LogP contribution in [0.3, 0.4) is 0 Å². The van der Waals surface area contributed by atoms with Crippen molar-refractivity contribution < 1.29 is 18.0 Å². The van der Waals surface area contributed by atoms with Gasteiger partial charge in [0.15, 0.2) is 5.69 Å². The number of halogens is 3. The molecule has 1 fully saturated rings. The SMILES string of the molecule is Cc1ccc2c(C(=O)N3[C@@H]4CCC[C@H]3c3nn(C)c(-c5cc(C(F)(F)F)nn5C)c3C4)nccc2n1. The third-order valence-electron chi connectivity index (χ3n) is 7.28. The van der Waals surface area contributed by atoms with Crippen LogP contribution >= 0.6 is 0 Å². The monoisotopic (exact) mass is 495 g/mol. The molecule has 36 heavy (non-hydrogen) atoms. The summed E-state index contributed by atoms with van der Waals surface area (Å²) >= 11 is 0. The number of carbonyl (C=O) groups excluding carboxylic acids is 1. The lowest BCUT2D eigenvalue weighted by atomic mass is 9.82. The molecule has 2 aliphatic heterocycles. The molecule has 2 atom stereocenters. The Bertz CT molecular complexity index is 1520. The second kappa shape index (κ2) is 7.87. The average molecular weight is 496 g/mol. The van der Waals surface area contributed by atoms with Crippen LogP contribution in [-0.2, 0) is 26.7 Å². The standard InChI is InChI=1S/C25H24F3N7O/c1-13-7-8-15-17(30-13)9-10-29-22(15)24(36)35-14-5-4-6-18(35)21-16(11-14)23(34(3)32-21)19-12-20(25(26,27)28)31-33(19)2/h7-10,12,14,18H,4-6,11H2,1-3H3/t14-,18+/m1/s1. The summed E-state index contributed by atoms with van der Waals surface area (Å²) in [5, 5.41) is 9.12. The molecule has 0 aromatic carbocycles. The molecule has 6 heterocycles. The quantitative estimate of drug-likeness (QED) is 0.412. The van der Waals surface area contributed by atoms with Crippen LogP contribution in [0.1, 0.15) is 58.4 Å². The lowest BCUT2D eigenvalue weighted by molar-refractivity contribution is -0.141. The van der Waals surface area contributed by atoms with Gasteiger partial charge in [-0.3, -0.25) is 24.1 Å². The van der Waals surface area contributed by atoms with E-state index in [0.29, 0.717) is 34.4 Å². The van der Waals surface area contributed by atoms with Crippen molar-refractivity contribution in [2.75, 3.05) is 0 Å². The fourth-order valence-electron chi connectivity index (χ4n) is 5.75. The molecule has 186 valence electrons. The number of alkyl halides is 3. The summed E-state index contributed by atoms with van der Waals surface area (Å²) in [6, 6.07) is 6.23. The lowest BCUT2D eigenvalue weighted by Crippen LogP contribution is -2.50. The van der Waals surface area contributed by atoms with Gasteiger partial charge >= 0.3 is 6.18 Å². The first-order chi connectivity index (χ1) is 17.1. The van der Waals surface area contributed by atoms with Gasteiger partial charge in [-0.05, 0) is 56.9 Å². The van der Waals surface area contributed by atoms with Crippen LogP contribution in [0.15, 0.2) is 30.5 Å². The fourth-order valence-corrected chi connectivity index (χ4v) is 5.75. The zero-order valence-electron chi connectivity index (χ0n) is 20.0. The van der Waals surface area contributed by atoms with Crippen molar-refractivity contribution in [2.45, 2.75) is 50.9 Å². The molecule has 0 unspecified atom stereocenters. The van der Waals surface area contributed by atoms with E-state index in [1.807, 2.05) is 24.0 Å². The number of hydrogen-bond donors (Lipinski definition) is 0. The average Bonchev–Trinajstić information content (AvgIpc) is 3.36. The van der Waals surface area contributed by atoms with Gasteiger partial charge in [-0.25, -0.2) is 0 Å². The van der Waals surface area contributed by atoms with Crippen LogP contribution in [0, 0.1) is 6.92 Å². The topological polar surface area (TPSA) is 81.7 Å². The highest BCUT2D eigenvalue weighted by Crippen LogP contribution is 2.45. The van der Waals surface area contributed by atoms with Crippen molar-refractivity contribution >= 4 is 16.8 Å². The summed E-state index contributed by atoms with van der Waals surface area (Å²) in [4.78, 5) is 24.8. The second-order valence-electron chi connectivity index (χ2n) is 9.57. The van der Waals surface area contributed by atoms with Crippen LogP contribution < -0.4 is 0 Å². The third-order valence-corrected chi connectivity index (χ3v) is 7.28. The summed E-state index contributed by atoms with van der Waals surface area (Å²) in [5.41, 5.74) is 3.59. The van der Waals surface area contributed by atoms with Crippen molar-refractivity contribution in [1.29, 1.82) is 0 Å². The van der Waals surface area contributed by atoms with Crippen molar-refractivity contribution in [3.63, 3.8) is 0 Å². The molecule has 8 nitrogen and oxygen atoms in total. The molecular formula is C25H24F3N7O. The molecule has 0 spiro atoms. The number of hydrogen-bond acceptors (Lipinski definition) is 5. The third kappa shape index (κ3) is 3.40. The normalized spacial score (nSPS) is 19.6. The molecule has 0 N–H and O–H groups in total. The minimum Gasteiger partial charge on any atom is -0.325 e. The van der Waals surface area contributed by atoms with Crippen LogP contribution in [0.4, 0.5) is 13.2 Å². The molecule has 0 saturated carbocycles. The Kier molecular flexibility index (Phi) is 4.96. The van der Waals surface area contributed by atoms with Crippen LogP contribution in [-0.4, -0.2) is 46.4 Å². The highest BCUT2D eigenvalue weighted by atomic mass is 19.4. The Morgan fingerprint density at radius 3 is 2.64 bits per heavy atom. The van der Waals surface area contributed by atoms with Gasteiger partial charge in [0, 0.05) is 43.0 Å². The van der Waals surface area contributed by atoms with E-state index in [1.165, 1.54) is 11.7 Å². The molecule has 4 aromatic heterocycles. The number of nitrogens with zero attached hydrogens (tertiary/aromatic N) is 7. The number of fused-ring (bicyclic) bond motifs is 5.